The van der Waals surface area contributed by atoms with Gasteiger partial charge in [-0.2, -0.15) is 5.10 Å². The van der Waals surface area contributed by atoms with E-state index in [1.165, 1.54) is 6.20 Å². The van der Waals surface area contributed by atoms with Crippen molar-refractivity contribution in [2.45, 2.75) is 86.7 Å². The summed E-state index contributed by atoms with van der Waals surface area (Å²) in [7, 11) is 0. The maximum atomic E-state index is 16.0. The second-order valence-corrected chi connectivity index (χ2v) is 11.6. The van der Waals surface area contributed by atoms with E-state index in [0.29, 0.717) is 40.7 Å². The van der Waals surface area contributed by atoms with Crippen LogP contribution in [0.15, 0.2) is 41.7 Å². The van der Waals surface area contributed by atoms with Gasteiger partial charge in [-0.25, -0.2) is 9.37 Å². The van der Waals surface area contributed by atoms with E-state index in [1.54, 1.807) is 30.5 Å². The Morgan fingerprint density at radius 3 is 2.73 bits per heavy atom. The third-order valence-corrected chi connectivity index (χ3v) is 8.45. The van der Waals surface area contributed by atoms with Crippen LogP contribution in [-0.2, 0) is 0 Å². The fraction of sp³-hybridized carbons (Fsp3) is 0.519. The van der Waals surface area contributed by atoms with Gasteiger partial charge in [0.15, 0.2) is 11.6 Å². The number of aromatic nitrogens is 5. The Bertz CT molecular complexity index is 1410. The first-order chi connectivity index (χ1) is 18.9. The van der Waals surface area contributed by atoms with Gasteiger partial charge in [-0.05, 0) is 82.3 Å². The summed E-state index contributed by atoms with van der Waals surface area (Å²) in [6, 6.07) is 6.54. The summed E-state index contributed by atoms with van der Waals surface area (Å²) in [4.78, 5) is 6.63. The highest BCUT2D eigenvalue weighted by molar-refractivity contribution is 7.98. The van der Waals surface area contributed by atoms with Gasteiger partial charge >= 0.3 is 0 Å². The molecular weight excluding hydrogens is 489 g/mol. The molecule has 1 aliphatic carbocycles. The van der Waals surface area contributed by atoms with E-state index in [2.05, 4.69) is 42.5 Å². The van der Waals surface area contributed by atoms with Gasteiger partial charge in [0, 0.05) is 26.8 Å². The number of fused-ring (bicyclic) bond motifs is 2. The molecule has 0 spiro atoms. The number of halogens is 1. The molecular formula is C27H32FN7OS. The highest BCUT2D eigenvalue weighted by Gasteiger charge is 2.55. The van der Waals surface area contributed by atoms with Crippen molar-refractivity contribution in [1.82, 2.24) is 30.7 Å². The molecule has 3 aromatic rings. The molecule has 3 fully saturated rings. The van der Waals surface area contributed by atoms with Crippen LogP contribution >= 0.6 is 11.8 Å². The average Bonchev–Trinajstić information content (AvgIpc) is 3.72. The normalized spacial score (nSPS) is 30.7. The maximum Gasteiger partial charge on any atom is 0.185 e. The topological polar surface area (TPSA) is 100.0 Å². The minimum atomic E-state index is -2.24. The minimum Gasteiger partial charge on any atom is -0.507 e. The Kier molecular flexibility index (Phi) is 5.23. The minimum absolute atomic E-state index is 0.0520. The van der Waals surface area contributed by atoms with Crippen LogP contribution in [0.3, 0.4) is 0 Å². The number of phenols is 1. The molecule has 2 aliphatic heterocycles. The molecule has 4 heterocycles. The van der Waals surface area contributed by atoms with Crippen LogP contribution in [0, 0.1) is 0 Å². The van der Waals surface area contributed by atoms with Gasteiger partial charge in [-0.1, -0.05) is 6.07 Å². The molecule has 0 radical (unpaired) electrons. The number of thioether (sulfide) groups is 1. The zero-order chi connectivity index (χ0) is 28.3. The summed E-state index contributed by atoms with van der Waals surface area (Å²) in [5.41, 5.74) is 0.986. The third-order valence-electron chi connectivity index (χ3n) is 8.04. The molecule has 2 N–H and O–H groups in total. The van der Waals surface area contributed by atoms with Crippen molar-refractivity contribution in [3.8, 4) is 28.3 Å². The zero-order valence-corrected chi connectivity index (χ0v) is 21.7. The maximum absolute atomic E-state index is 16.0. The van der Waals surface area contributed by atoms with Crippen LogP contribution in [-0.4, -0.2) is 66.0 Å². The van der Waals surface area contributed by atoms with E-state index in [-0.39, 0.29) is 34.2 Å². The average molecular weight is 525 g/mol. The lowest BCUT2D eigenvalue weighted by atomic mass is 9.68. The number of benzene rings is 1. The van der Waals surface area contributed by atoms with Crippen molar-refractivity contribution >= 4 is 17.6 Å². The summed E-state index contributed by atoms with van der Waals surface area (Å²) in [5, 5.41) is 31.3. The largest absolute Gasteiger partial charge is 0.507 e. The number of piperidine rings is 2. The van der Waals surface area contributed by atoms with E-state index < -0.39 is 17.9 Å². The molecule has 6 rings (SSSR count). The highest BCUT2D eigenvalue weighted by atomic mass is 32.2. The van der Waals surface area contributed by atoms with Crippen molar-refractivity contribution in [3.63, 3.8) is 0 Å². The predicted octanol–water partition coefficient (Wildman–Crippen LogP) is 4.79. The van der Waals surface area contributed by atoms with Gasteiger partial charge < -0.3 is 15.3 Å². The van der Waals surface area contributed by atoms with Gasteiger partial charge in [-0.15, -0.1) is 27.1 Å². The molecule has 8 nitrogen and oxygen atoms in total. The summed E-state index contributed by atoms with van der Waals surface area (Å²) < 4.78 is 38.3. The number of nitrogens with zero attached hydrogens (tertiary/aromatic N) is 6. The summed E-state index contributed by atoms with van der Waals surface area (Å²) in [6.07, 6.45) is 5.40. The van der Waals surface area contributed by atoms with Gasteiger partial charge in [0.2, 0.25) is 0 Å². The van der Waals surface area contributed by atoms with E-state index in [9.17, 15) is 5.11 Å². The molecule has 4 atom stereocenters. The second-order valence-electron chi connectivity index (χ2n) is 11.0. The predicted molar refractivity (Wildman–Crippen MR) is 142 cm³/mol. The quantitative estimate of drug-likeness (QED) is 0.441. The number of aromatic hydroxyl groups is 1. The molecule has 1 aromatic carbocycles. The standard InChI is InChI=1S/C27H32FN7OS/c1-26-9-4-10-27(2,34-26)24(28)20(13-26)35(18-6-7-18)22-15-29-25(33-31-22)19-8-5-16(11-21(19)36)17-12-23(37-3)32-30-14-17/h5,8,11-12,14-15,18,20,24,34,36H,4,6-7,9-10,13H2,1-3H3/t20-,24-,26-,27+/m1/s1/i3D3. The van der Waals surface area contributed by atoms with Crippen molar-refractivity contribution < 1.29 is 13.6 Å². The first kappa shape index (κ1) is 21.1. The van der Waals surface area contributed by atoms with Crippen LogP contribution in [0.25, 0.3) is 22.5 Å². The lowest BCUT2D eigenvalue weighted by Gasteiger charge is -2.57. The van der Waals surface area contributed by atoms with Crippen molar-refractivity contribution in [3.05, 3.63) is 36.7 Å². The molecule has 37 heavy (non-hydrogen) atoms. The lowest BCUT2D eigenvalue weighted by Crippen LogP contribution is -2.73. The first-order valence-corrected chi connectivity index (χ1v) is 13.5. The summed E-state index contributed by atoms with van der Waals surface area (Å²) in [6.45, 7) is 4.20. The summed E-state index contributed by atoms with van der Waals surface area (Å²) in [5.74, 6) is 0.765. The Morgan fingerprint density at radius 2 is 2.00 bits per heavy atom. The Morgan fingerprint density at radius 1 is 1.14 bits per heavy atom. The fourth-order valence-corrected chi connectivity index (χ4v) is 6.47. The molecule has 2 aromatic heterocycles. The first-order valence-electron chi connectivity index (χ1n) is 14.2. The van der Waals surface area contributed by atoms with E-state index >= 15 is 4.39 Å². The number of hydrogen-bond acceptors (Lipinski definition) is 9. The smallest absolute Gasteiger partial charge is 0.185 e. The van der Waals surface area contributed by atoms with Crippen LogP contribution < -0.4 is 10.2 Å². The van der Waals surface area contributed by atoms with Gasteiger partial charge in [0.1, 0.15) is 16.9 Å². The molecule has 2 saturated heterocycles. The number of phenolic OH excluding ortho intramolecular Hbond substituents is 1. The molecule has 3 aliphatic rings. The van der Waals surface area contributed by atoms with E-state index in [4.69, 9.17) is 4.11 Å². The van der Waals surface area contributed by atoms with Crippen LogP contribution in [0.5, 0.6) is 5.75 Å². The molecule has 1 saturated carbocycles. The molecule has 2 bridgehead atoms. The molecule has 10 heteroatoms. The highest BCUT2D eigenvalue weighted by Crippen LogP contribution is 2.46. The van der Waals surface area contributed by atoms with Gasteiger partial charge in [-0.3, -0.25) is 0 Å². The lowest BCUT2D eigenvalue weighted by molar-refractivity contribution is 0.000258. The number of alkyl halides is 1. The number of nitrogens with one attached hydrogen (secondary N) is 1. The van der Waals surface area contributed by atoms with Crippen LogP contribution in [0.2, 0.25) is 0 Å². The van der Waals surface area contributed by atoms with Crippen molar-refractivity contribution in [1.29, 1.82) is 0 Å². The SMILES string of the molecule is [2H]C([2H])([2H])Sc1cc(-c2ccc(-c3ncc(N(C4CC4)[C@@H]4C[C@@]5(C)CCC[C@](C)(N5)[C@@H]4F)nn3)c(O)c2)cnn1. The van der Waals surface area contributed by atoms with Crippen molar-refractivity contribution in [2.24, 2.45) is 0 Å². The van der Waals surface area contributed by atoms with Crippen molar-refractivity contribution in [2.75, 3.05) is 11.1 Å². The van der Waals surface area contributed by atoms with Gasteiger partial charge in [0.25, 0.3) is 0 Å². The third kappa shape index (κ3) is 4.54. The number of rotatable bonds is 6. The Balaban J connectivity index is 1.25. The number of hydrogen-bond donors (Lipinski definition) is 2. The monoisotopic (exact) mass is 524 g/mol. The van der Waals surface area contributed by atoms with E-state index in [0.717, 1.165) is 32.1 Å². The number of anilines is 1. The Labute approximate surface area is 224 Å². The molecule has 0 amide bonds. The van der Waals surface area contributed by atoms with Crippen LogP contribution in [0.4, 0.5) is 10.2 Å². The zero-order valence-electron chi connectivity index (χ0n) is 23.9. The second kappa shape index (κ2) is 9.16. The van der Waals surface area contributed by atoms with Gasteiger partial charge in [0.05, 0.1) is 24.0 Å². The molecule has 0 unspecified atom stereocenters. The van der Waals surface area contributed by atoms with E-state index in [1.807, 2.05) is 6.92 Å². The summed E-state index contributed by atoms with van der Waals surface area (Å²) >= 11 is 0.643. The fourth-order valence-electron chi connectivity index (χ4n) is 6.20. The molecule has 194 valence electrons. The van der Waals surface area contributed by atoms with Crippen LogP contribution in [0.1, 0.15) is 56.5 Å². The Hall–Kier alpha value is -2.85.